The minimum absolute atomic E-state index is 0. The molecule has 120 valence electrons. The van der Waals surface area contributed by atoms with Crippen molar-refractivity contribution >= 4 is 18.3 Å². The molecule has 5 atom stereocenters. The summed E-state index contributed by atoms with van der Waals surface area (Å²) in [5.74, 6) is 1.76. The predicted molar refractivity (Wildman–Crippen MR) is 90.4 cm³/mol. The number of amides is 1. The van der Waals surface area contributed by atoms with E-state index >= 15 is 0 Å². The normalized spacial score (nSPS) is 35.6. The van der Waals surface area contributed by atoms with Crippen LogP contribution in [0.1, 0.15) is 43.2 Å². The molecule has 1 heterocycles. The van der Waals surface area contributed by atoms with Gasteiger partial charge in [0.2, 0.25) is 5.91 Å². The quantitative estimate of drug-likeness (QED) is 0.879. The first-order valence-electron chi connectivity index (χ1n) is 8.35. The van der Waals surface area contributed by atoms with Gasteiger partial charge in [-0.1, -0.05) is 24.3 Å². The molecule has 1 aromatic rings. The Bertz CT molecular complexity index is 562. The summed E-state index contributed by atoms with van der Waals surface area (Å²) in [6.45, 7) is 3.15. The van der Waals surface area contributed by atoms with Gasteiger partial charge in [0.25, 0.3) is 0 Å². The van der Waals surface area contributed by atoms with E-state index in [9.17, 15) is 4.79 Å². The molecule has 1 aromatic carbocycles. The zero-order valence-corrected chi connectivity index (χ0v) is 13.9. The first-order chi connectivity index (χ1) is 10.2. The predicted octanol–water partition coefficient (Wildman–Crippen LogP) is 2.64. The lowest BCUT2D eigenvalue weighted by molar-refractivity contribution is -0.126. The Kier molecular flexibility index (Phi) is 4.47. The molecule has 1 saturated carbocycles. The number of aryl methyl sites for hydroxylation is 1. The molecule has 3 unspecified atom stereocenters. The van der Waals surface area contributed by atoms with Crippen molar-refractivity contribution in [3.8, 4) is 0 Å². The molecule has 2 fully saturated rings. The van der Waals surface area contributed by atoms with Crippen LogP contribution in [-0.2, 0) is 11.2 Å². The molecule has 0 aromatic heterocycles. The van der Waals surface area contributed by atoms with E-state index < -0.39 is 0 Å². The van der Waals surface area contributed by atoms with Gasteiger partial charge >= 0.3 is 0 Å². The van der Waals surface area contributed by atoms with Crippen molar-refractivity contribution in [1.29, 1.82) is 0 Å². The van der Waals surface area contributed by atoms with E-state index in [-0.39, 0.29) is 18.3 Å². The number of carbonyl (C=O) groups is 1. The molecule has 0 radical (unpaired) electrons. The number of rotatable bonds is 2. The fraction of sp³-hybridized carbons (Fsp3) is 0.611. The van der Waals surface area contributed by atoms with Crippen LogP contribution in [0.3, 0.4) is 0 Å². The van der Waals surface area contributed by atoms with E-state index in [0.29, 0.717) is 29.8 Å². The second kappa shape index (κ2) is 6.21. The van der Waals surface area contributed by atoms with Crippen molar-refractivity contribution < 1.29 is 4.79 Å². The maximum atomic E-state index is 12.5. The fourth-order valence-corrected chi connectivity index (χ4v) is 4.42. The minimum atomic E-state index is 0. The Morgan fingerprint density at radius 2 is 2.09 bits per heavy atom. The summed E-state index contributed by atoms with van der Waals surface area (Å²) in [5, 5.41) is 6.78. The third-order valence-corrected chi connectivity index (χ3v) is 5.63. The Morgan fingerprint density at radius 3 is 2.91 bits per heavy atom. The average molecular weight is 321 g/mol. The average Bonchev–Trinajstić information content (AvgIpc) is 3.21. The number of fused-ring (bicyclic) bond motifs is 3. The molecular weight excluding hydrogens is 296 g/mol. The molecule has 2 N–H and O–H groups in total. The smallest absolute Gasteiger partial charge is 0.223 e. The summed E-state index contributed by atoms with van der Waals surface area (Å²) in [6, 6.07) is 9.63. The third kappa shape index (κ3) is 2.77. The highest BCUT2D eigenvalue weighted by atomic mass is 35.5. The van der Waals surface area contributed by atoms with Crippen LogP contribution in [0.5, 0.6) is 0 Å². The zero-order valence-electron chi connectivity index (χ0n) is 13.0. The van der Waals surface area contributed by atoms with Crippen LogP contribution in [0.2, 0.25) is 0 Å². The Morgan fingerprint density at radius 1 is 1.27 bits per heavy atom. The number of halogens is 1. The SMILES string of the molecule is C[C@H]1C[C@@H](C(=O)NC2C3CCc4ccccc4C32)CCN1.Cl. The molecule has 1 saturated heterocycles. The highest BCUT2D eigenvalue weighted by Gasteiger charge is 2.54. The molecule has 3 aliphatic rings. The van der Waals surface area contributed by atoms with Crippen LogP contribution < -0.4 is 10.6 Å². The molecule has 4 rings (SSSR count). The lowest BCUT2D eigenvalue weighted by Crippen LogP contribution is -2.43. The molecule has 1 amide bonds. The maximum Gasteiger partial charge on any atom is 0.223 e. The molecule has 2 aliphatic carbocycles. The summed E-state index contributed by atoms with van der Waals surface area (Å²) >= 11 is 0. The van der Waals surface area contributed by atoms with Crippen molar-refractivity contribution in [2.75, 3.05) is 6.54 Å². The van der Waals surface area contributed by atoms with Gasteiger partial charge in [-0.3, -0.25) is 4.79 Å². The number of nitrogens with one attached hydrogen (secondary N) is 2. The maximum absolute atomic E-state index is 12.5. The van der Waals surface area contributed by atoms with Gasteiger partial charge in [0.1, 0.15) is 0 Å². The number of carbonyl (C=O) groups excluding carboxylic acids is 1. The molecule has 3 nitrogen and oxygen atoms in total. The van der Waals surface area contributed by atoms with Crippen LogP contribution >= 0.6 is 12.4 Å². The molecule has 22 heavy (non-hydrogen) atoms. The van der Waals surface area contributed by atoms with Gasteiger partial charge in [-0.15, -0.1) is 12.4 Å². The third-order valence-electron chi connectivity index (χ3n) is 5.63. The Balaban J connectivity index is 0.00000144. The summed E-state index contributed by atoms with van der Waals surface area (Å²) in [7, 11) is 0. The Labute approximate surface area is 138 Å². The summed E-state index contributed by atoms with van der Waals surface area (Å²) in [4.78, 5) is 12.5. The van der Waals surface area contributed by atoms with Crippen molar-refractivity contribution in [3.63, 3.8) is 0 Å². The van der Waals surface area contributed by atoms with Crippen molar-refractivity contribution in [2.45, 2.75) is 50.6 Å². The molecule has 4 heteroatoms. The largest absolute Gasteiger partial charge is 0.352 e. The van der Waals surface area contributed by atoms with Crippen LogP contribution in [0.4, 0.5) is 0 Å². The molecule has 0 bridgehead atoms. The monoisotopic (exact) mass is 320 g/mol. The highest BCUT2D eigenvalue weighted by Crippen LogP contribution is 2.54. The zero-order chi connectivity index (χ0) is 14.4. The highest BCUT2D eigenvalue weighted by molar-refractivity contribution is 5.85. The van der Waals surface area contributed by atoms with E-state index in [0.717, 1.165) is 19.4 Å². The molecule has 0 spiro atoms. The van der Waals surface area contributed by atoms with E-state index in [1.54, 1.807) is 0 Å². The second-order valence-electron chi connectivity index (χ2n) is 7.04. The van der Waals surface area contributed by atoms with Gasteiger partial charge < -0.3 is 10.6 Å². The topological polar surface area (TPSA) is 41.1 Å². The van der Waals surface area contributed by atoms with E-state index in [1.165, 1.54) is 24.0 Å². The van der Waals surface area contributed by atoms with Crippen LogP contribution in [0.25, 0.3) is 0 Å². The van der Waals surface area contributed by atoms with Crippen LogP contribution in [0, 0.1) is 11.8 Å². The van der Waals surface area contributed by atoms with Crippen molar-refractivity contribution in [2.24, 2.45) is 11.8 Å². The standard InChI is InChI=1S/C18H24N2O.ClH/c1-11-10-13(8-9-19-11)18(21)20-17-15-7-6-12-4-2-3-5-14(12)16(15)17;/h2-5,11,13,15-17,19H,6-10H2,1H3,(H,20,21);1H/t11-,13-,15?,16?,17?;/m0./s1. The van der Waals surface area contributed by atoms with E-state index in [2.05, 4.69) is 41.8 Å². The first-order valence-corrected chi connectivity index (χ1v) is 8.35. The number of benzene rings is 1. The fourth-order valence-electron chi connectivity index (χ4n) is 4.42. The van der Waals surface area contributed by atoms with Crippen molar-refractivity contribution in [1.82, 2.24) is 10.6 Å². The summed E-state index contributed by atoms with van der Waals surface area (Å²) in [5.41, 5.74) is 2.98. The number of hydrogen-bond donors (Lipinski definition) is 2. The molecular formula is C18H25ClN2O. The van der Waals surface area contributed by atoms with Gasteiger partial charge in [0, 0.05) is 23.9 Å². The van der Waals surface area contributed by atoms with Gasteiger partial charge in [0.15, 0.2) is 0 Å². The van der Waals surface area contributed by atoms with Gasteiger partial charge in [0.05, 0.1) is 0 Å². The van der Waals surface area contributed by atoms with E-state index in [1.807, 2.05) is 0 Å². The lowest BCUT2D eigenvalue weighted by atomic mass is 9.92. The van der Waals surface area contributed by atoms with Crippen LogP contribution in [0.15, 0.2) is 24.3 Å². The minimum Gasteiger partial charge on any atom is -0.352 e. The first kappa shape index (κ1) is 15.8. The van der Waals surface area contributed by atoms with Gasteiger partial charge in [-0.05, 0) is 56.2 Å². The van der Waals surface area contributed by atoms with Crippen LogP contribution in [-0.4, -0.2) is 24.5 Å². The van der Waals surface area contributed by atoms with Gasteiger partial charge in [-0.25, -0.2) is 0 Å². The van der Waals surface area contributed by atoms with Gasteiger partial charge in [-0.2, -0.15) is 0 Å². The molecule has 1 aliphatic heterocycles. The second-order valence-corrected chi connectivity index (χ2v) is 7.04. The lowest BCUT2D eigenvalue weighted by Gasteiger charge is -2.27. The summed E-state index contributed by atoms with van der Waals surface area (Å²) < 4.78 is 0. The number of piperidine rings is 1. The number of hydrogen-bond acceptors (Lipinski definition) is 2. The Hall–Kier alpha value is -1.06. The summed E-state index contributed by atoms with van der Waals surface area (Å²) in [6.07, 6.45) is 4.36. The van der Waals surface area contributed by atoms with Crippen molar-refractivity contribution in [3.05, 3.63) is 35.4 Å². The van der Waals surface area contributed by atoms with E-state index in [4.69, 9.17) is 0 Å².